The topological polar surface area (TPSA) is 63.7 Å². The van der Waals surface area contributed by atoms with E-state index in [9.17, 15) is 14.4 Å². The number of carbonyl (C=O) groups excluding carboxylic acids is 3. The minimum Gasteiger partial charge on any atom is -0.464 e. The second-order valence-electron chi connectivity index (χ2n) is 7.69. The van der Waals surface area contributed by atoms with Gasteiger partial charge in [-0.1, -0.05) is 46.4 Å². The molecule has 2 saturated carbocycles. The van der Waals surface area contributed by atoms with Gasteiger partial charge in [0, 0.05) is 6.92 Å². The Morgan fingerprint density at radius 2 is 1.43 bits per heavy atom. The van der Waals surface area contributed by atoms with Crippen LogP contribution >= 0.6 is 69.6 Å². The van der Waals surface area contributed by atoms with E-state index in [0.717, 1.165) is 4.90 Å². The van der Waals surface area contributed by atoms with E-state index in [1.807, 2.05) is 0 Å². The molecule has 1 aliphatic heterocycles. The van der Waals surface area contributed by atoms with Crippen LogP contribution in [0.2, 0.25) is 0 Å². The summed E-state index contributed by atoms with van der Waals surface area (Å²) in [5.41, 5.74) is 0. The molecule has 0 spiro atoms. The number of imide groups is 1. The second-order valence-corrected chi connectivity index (χ2v) is 11.0. The third kappa shape index (κ3) is 2.32. The van der Waals surface area contributed by atoms with Crippen LogP contribution in [0.4, 0.5) is 0 Å². The third-order valence-corrected chi connectivity index (χ3v) is 10.9. The van der Waals surface area contributed by atoms with Crippen LogP contribution in [0.15, 0.2) is 10.1 Å². The van der Waals surface area contributed by atoms with Gasteiger partial charge in [0.2, 0.25) is 11.8 Å². The molecule has 4 aliphatic rings. The zero-order chi connectivity index (χ0) is 20.8. The first kappa shape index (κ1) is 21.3. The summed E-state index contributed by atoms with van der Waals surface area (Å²) >= 11 is 39.6. The molecule has 5 nitrogen and oxygen atoms in total. The number of amides is 2. The van der Waals surface area contributed by atoms with Gasteiger partial charge in [-0.3, -0.25) is 19.3 Å². The Morgan fingerprint density at radius 1 is 1.00 bits per heavy atom. The lowest BCUT2D eigenvalue weighted by Gasteiger charge is -2.42. The van der Waals surface area contributed by atoms with E-state index in [-0.39, 0.29) is 47.9 Å². The summed E-state index contributed by atoms with van der Waals surface area (Å²) in [4.78, 5) is 34.9. The number of nitrogens with zero attached hydrogens (tertiary/aromatic N) is 1. The highest BCUT2D eigenvalue weighted by Gasteiger charge is 2.83. The standard InChI is InChI=1S/C17H15Cl6NO4/c1-6(25)28-3-2-24-13(26)7-4-9-10(5-8(7)14(24)27)16(21)12(19)11(18)15(9,20)17(16,22)23/h7-10H,2-5H2,1H3/t7-,8-,9+,10+,15+,16+/m0/s1. The molecule has 3 aliphatic carbocycles. The predicted octanol–water partition coefficient (Wildman–Crippen LogP) is 4.02. The Balaban J connectivity index is 1.64. The smallest absolute Gasteiger partial charge is 0.302 e. The van der Waals surface area contributed by atoms with Crippen molar-refractivity contribution in [2.75, 3.05) is 13.2 Å². The fourth-order valence-electron chi connectivity index (χ4n) is 5.29. The van der Waals surface area contributed by atoms with E-state index in [4.69, 9.17) is 74.3 Å². The number of hydrogen-bond donors (Lipinski definition) is 0. The monoisotopic (exact) mass is 507 g/mol. The maximum absolute atomic E-state index is 12.9. The van der Waals surface area contributed by atoms with Crippen molar-refractivity contribution in [3.8, 4) is 0 Å². The molecule has 28 heavy (non-hydrogen) atoms. The molecule has 2 bridgehead atoms. The Bertz CT molecular complexity index is 776. The first-order valence-corrected chi connectivity index (χ1v) is 11.0. The molecule has 6 atom stereocenters. The molecule has 1 saturated heterocycles. The van der Waals surface area contributed by atoms with Crippen LogP contribution in [-0.2, 0) is 19.1 Å². The molecule has 0 aromatic heterocycles. The quantitative estimate of drug-likeness (QED) is 0.327. The first-order chi connectivity index (χ1) is 12.9. The van der Waals surface area contributed by atoms with Gasteiger partial charge in [0.15, 0.2) is 4.33 Å². The van der Waals surface area contributed by atoms with Crippen LogP contribution in [0.5, 0.6) is 0 Å². The number of rotatable bonds is 3. The predicted molar refractivity (Wildman–Crippen MR) is 107 cm³/mol. The van der Waals surface area contributed by atoms with Crippen molar-refractivity contribution in [1.82, 2.24) is 4.90 Å². The Hall–Kier alpha value is 0.0900. The Labute approximate surface area is 191 Å². The summed E-state index contributed by atoms with van der Waals surface area (Å²) < 4.78 is 3.18. The number of alkyl halides is 4. The van der Waals surface area contributed by atoms with Gasteiger partial charge < -0.3 is 4.74 Å². The molecule has 0 unspecified atom stereocenters. The Kier molecular flexibility index (Phi) is 4.98. The van der Waals surface area contributed by atoms with Gasteiger partial charge in [-0.25, -0.2) is 0 Å². The molecule has 4 rings (SSSR count). The summed E-state index contributed by atoms with van der Waals surface area (Å²) in [5.74, 6) is -3.11. The number of fused-ring (bicyclic) bond motifs is 6. The molecule has 0 aromatic rings. The summed E-state index contributed by atoms with van der Waals surface area (Å²) in [6, 6.07) is 0. The fourth-order valence-corrected chi connectivity index (χ4v) is 8.40. The molecular weight excluding hydrogens is 495 g/mol. The van der Waals surface area contributed by atoms with E-state index in [0.29, 0.717) is 0 Å². The van der Waals surface area contributed by atoms with Crippen molar-refractivity contribution >= 4 is 87.4 Å². The molecule has 0 aromatic carbocycles. The average Bonchev–Trinajstić information content (AvgIpc) is 2.98. The zero-order valence-electron chi connectivity index (χ0n) is 14.5. The zero-order valence-corrected chi connectivity index (χ0v) is 19.0. The van der Waals surface area contributed by atoms with Crippen LogP contribution in [0.3, 0.4) is 0 Å². The third-order valence-electron chi connectivity index (χ3n) is 6.54. The summed E-state index contributed by atoms with van der Waals surface area (Å²) in [5, 5.41) is 0.193. The van der Waals surface area contributed by atoms with Gasteiger partial charge in [-0.2, -0.15) is 0 Å². The summed E-state index contributed by atoms with van der Waals surface area (Å²) in [6.07, 6.45) is 0.535. The molecule has 1 heterocycles. The van der Waals surface area contributed by atoms with Gasteiger partial charge in [-0.15, -0.1) is 23.2 Å². The highest BCUT2D eigenvalue weighted by atomic mass is 35.5. The molecular formula is C17H15Cl6NO4. The second kappa shape index (κ2) is 6.54. The lowest BCUT2D eigenvalue weighted by Crippen LogP contribution is -2.44. The van der Waals surface area contributed by atoms with E-state index in [1.54, 1.807) is 0 Å². The number of hydrogen-bond acceptors (Lipinski definition) is 4. The van der Waals surface area contributed by atoms with Gasteiger partial charge in [0.25, 0.3) is 0 Å². The van der Waals surface area contributed by atoms with Crippen LogP contribution in [0.25, 0.3) is 0 Å². The number of ether oxygens (including phenoxy) is 1. The van der Waals surface area contributed by atoms with Crippen molar-refractivity contribution in [1.29, 1.82) is 0 Å². The van der Waals surface area contributed by atoms with Crippen LogP contribution in [0.1, 0.15) is 19.8 Å². The van der Waals surface area contributed by atoms with E-state index >= 15 is 0 Å². The van der Waals surface area contributed by atoms with Gasteiger partial charge in [0.05, 0.1) is 28.4 Å². The highest BCUT2D eigenvalue weighted by Crippen LogP contribution is 2.79. The summed E-state index contributed by atoms with van der Waals surface area (Å²) in [7, 11) is 0. The van der Waals surface area contributed by atoms with E-state index < -0.39 is 43.7 Å². The maximum Gasteiger partial charge on any atom is 0.302 e. The van der Waals surface area contributed by atoms with Crippen molar-refractivity contribution in [2.24, 2.45) is 23.7 Å². The molecule has 11 heteroatoms. The Morgan fingerprint density at radius 3 is 1.82 bits per heavy atom. The number of esters is 1. The average molecular weight is 510 g/mol. The SMILES string of the molecule is CC(=O)OCCN1C(=O)[C@H]2C[C@@H]3[C@@H](C[C@@H]2C1=O)[C@@]1(Cl)C(Cl)=C(Cl)[C@@]3(Cl)C1(Cl)Cl. The van der Waals surface area contributed by atoms with Crippen molar-refractivity contribution in [3.05, 3.63) is 10.1 Å². The van der Waals surface area contributed by atoms with E-state index in [1.165, 1.54) is 6.92 Å². The highest BCUT2D eigenvalue weighted by molar-refractivity contribution is 6.65. The fraction of sp³-hybridized carbons (Fsp3) is 0.706. The van der Waals surface area contributed by atoms with Crippen molar-refractivity contribution in [3.63, 3.8) is 0 Å². The lowest BCUT2D eigenvalue weighted by molar-refractivity contribution is -0.147. The molecule has 2 amide bonds. The molecule has 154 valence electrons. The van der Waals surface area contributed by atoms with Gasteiger partial charge in [0.1, 0.15) is 16.4 Å². The van der Waals surface area contributed by atoms with Crippen LogP contribution in [-0.4, -0.2) is 49.9 Å². The minimum atomic E-state index is -1.67. The van der Waals surface area contributed by atoms with E-state index in [2.05, 4.69) is 0 Å². The van der Waals surface area contributed by atoms with Crippen LogP contribution < -0.4 is 0 Å². The molecule has 0 N–H and O–H groups in total. The molecule has 0 radical (unpaired) electrons. The van der Waals surface area contributed by atoms with Crippen LogP contribution in [0, 0.1) is 23.7 Å². The first-order valence-electron chi connectivity index (χ1n) is 8.71. The van der Waals surface area contributed by atoms with Crippen molar-refractivity contribution < 1.29 is 19.1 Å². The summed E-state index contributed by atoms with van der Waals surface area (Å²) in [6.45, 7) is 1.21. The number of allylic oxidation sites excluding steroid dienone is 2. The number of halogens is 6. The number of likely N-dealkylation sites (tertiary alicyclic amines) is 1. The lowest BCUT2D eigenvalue weighted by atomic mass is 9.65. The normalized spacial score (nSPS) is 43.5. The minimum absolute atomic E-state index is 0.00628. The number of carbonyl (C=O) groups is 3. The van der Waals surface area contributed by atoms with Gasteiger partial charge >= 0.3 is 5.97 Å². The molecule has 3 fully saturated rings. The largest absolute Gasteiger partial charge is 0.464 e. The maximum atomic E-state index is 12.9. The van der Waals surface area contributed by atoms with Crippen molar-refractivity contribution in [2.45, 2.75) is 33.8 Å². The van der Waals surface area contributed by atoms with Gasteiger partial charge in [-0.05, 0) is 24.7 Å².